The number of amides is 1. The van der Waals surface area contributed by atoms with Gasteiger partial charge in [-0.1, -0.05) is 36.4 Å². The molecule has 0 saturated carbocycles. The minimum Gasteiger partial charge on any atom is -0.459 e. The number of nitrogens with one attached hydrogen (secondary N) is 2. The van der Waals surface area contributed by atoms with Crippen LogP contribution in [-0.2, 0) is 11.3 Å². The third-order valence-electron chi connectivity index (χ3n) is 6.61. The van der Waals surface area contributed by atoms with Crippen molar-refractivity contribution in [1.29, 1.82) is 5.41 Å². The van der Waals surface area contributed by atoms with E-state index in [9.17, 15) is 4.79 Å². The lowest BCUT2D eigenvalue weighted by atomic mass is 10.0. The van der Waals surface area contributed by atoms with Gasteiger partial charge < -0.3 is 15.4 Å². The quantitative estimate of drug-likeness (QED) is 0.198. The molecule has 1 saturated heterocycles. The zero-order valence-corrected chi connectivity index (χ0v) is 23.1. The van der Waals surface area contributed by atoms with E-state index in [1.165, 1.54) is 23.1 Å². The fraction of sp³-hybridized carbons (Fsp3) is 0.310. The summed E-state index contributed by atoms with van der Waals surface area (Å²) in [5.41, 5.74) is 9.09. The summed E-state index contributed by atoms with van der Waals surface area (Å²) in [4.78, 5) is 26.6. The zero-order chi connectivity index (χ0) is 27.6. The van der Waals surface area contributed by atoms with E-state index >= 15 is 0 Å². The molecule has 1 fully saturated rings. The smallest absolute Gasteiger partial charge is 0.287 e. The fourth-order valence-electron chi connectivity index (χ4n) is 4.46. The van der Waals surface area contributed by atoms with Gasteiger partial charge in [0.15, 0.2) is 5.01 Å². The van der Waals surface area contributed by atoms with Gasteiger partial charge in [-0.25, -0.2) is 4.98 Å². The Morgan fingerprint density at radius 2 is 2.05 bits per heavy atom. The van der Waals surface area contributed by atoms with Gasteiger partial charge in [0.2, 0.25) is 5.90 Å². The van der Waals surface area contributed by atoms with Crippen LogP contribution in [0.15, 0.2) is 83.1 Å². The highest BCUT2D eigenvalue weighted by atomic mass is 32.1. The molecule has 1 aliphatic rings. The van der Waals surface area contributed by atoms with Crippen molar-refractivity contribution in [2.24, 2.45) is 10.7 Å². The Morgan fingerprint density at radius 1 is 1.28 bits per heavy atom. The molecule has 0 spiro atoms. The Bertz CT molecular complexity index is 1290. The first-order valence-electron chi connectivity index (χ1n) is 13.0. The maximum Gasteiger partial charge on any atom is 0.287 e. The number of thiazole rings is 1. The highest BCUT2D eigenvalue weighted by Crippen LogP contribution is 2.25. The van der Waals surface area contributed by atoms with Gasteiger partial charge in [0.05, 0.1) is 17.6 Å². The minimum atomic E-state index is -0.291. The molecule has 204 valence electrons. The molecule has 1 aromatic heterocycles. The van der Waals surface area contributed by atoms with Gasteiger partial charge in [-0.3, -0.25) is 25.4 Å². The van der Waals surface area contributed by atoms with Gasteiger partial charge in [-0.15, -0.1) is 11.3 Å². The average molecular weight is 546 g/mol. The van der Waals surface area contributed by atoms with E-state index in [2.05, 4.69) is 44.5 Å². The summed E-state index contributed by atoms with van der Waals surface area (Å²) < 4.78 is 5.55. The molecular weight excluding hydrogens is 510 g/mol. The summed E-state index contributed by atoms with van der Waals surface area (Å²) in [7, 11) is 1.77. The largest absolute Gasteiger partial charge is 0.459 e. The van der Waals surface area contributed by atoms with E-state index in [1.54, 1.807) is 41.9 Å². The number of nitrogens with two attached hydrogens (primary N) is 1. The van der Waals surface area contributed by atoms with E-state index < -0.39 is 0 Å². The third kappa shape index (κ3) is 7.60. The van der Waals surface area contributed by atoms with Crippen LogP contribution in [0.5, 0.6) is 0 Å². The van der Waals surface area contributed by atoms with Gasteiger partial charge in [-0.05, 0) is 50.6 Å². The molecule has 4 rings (SSSR count). The van der Waals surface area contributed by atoms with Crippen LogP contribution in [0.2, 0.25) is 0 Å². The summed E-state index contributed by atoms with van der Waals surface area (Å²) in [5.74, 6) is -0.133. The number of piperidine rings is 1. The van der Waals surface area contributed by atoms with Gasteiger partial charge in [-0.2, -0.15) is 0 Å². The predicted molar refractivity (Wildman–Crippen MR) is 156 cm³/mol. The van der Waals surface area contributed by atoms with Crippen molar-refractivity contribution < 1.29 is 9.53 Å². The summed E-state index contributed by atoms with van der Waals surface area (Å²) >= 11 is 1.31. The lowest BCUT2D eigenvalue weighted by Crippen LogP contribution is -2.47. The molecule has 1 amide bonds. The lowest BCUT2D eigenvalue weighted by molar-refractivity contribution is 0.0670. The highest BCUT2D eigenvalue weighted by molar-refractivity contribution is 7.11. The molecule has 4 N–H and O–H groups in total. The maximum absolute atomic E-state index is 13.6. The molecule has 10 heteroatoms. The van der Waals surface area contributed by atoms with Gasteiger partial charge in [0.25, 0.3) is 5.91 Å². The molecule has 1 atom stereocenters. The average Bonchev–Trinajstić information content (AvgIpc) is 3.51. The highest BCUT2D eigenvalue weighted by Gasteiger charge is 2.31. The summed E-state index contributed by atoms with van der Waals surface area (Å²) in [5, 5.41) is 13.4. The van der Waals surface area contributed by atoms with E-state index in [0.717, 1.165) is 32.5 Å². The molecule has 3 aromatic rings. The van der Waals surface area contributed by atoms with E-state index in [-0.39, 0.29) is 24.1 Å². The number of nitrogens with zero attached hydrogens (tertiary/aromatic N) is 4. The first-order chi connectivity index (χ1) is 19.0. The Morgan fingerprint density at radius 3 is 2.72 bits per heavy atom. The summed E-state index contributed by atoms with van der Waals surface area (Å²) in [6.45, 7) is 4.45. The first-order valence-corrected chi connectivity index (χ1v) is 13.8. The molecule has 1 unspecified atom stereocenters. The van der Waals surface area contributed by atoms with Crippen molar-refractivity contribution in [2.75, 3.05) is 20.1 Å². The number of hydrogen-bond donors (Lipinski definition) is 3. The zero-order valence-electron chi connectivity index (χ0n) is 22.3. The van der Waals surface area contributed by atoms with Crippen LogP contribution in [-0.4, -0.2) is 65.2 Å². The SMILES string of the molecule is CNC(C)OC(=N)c1cccc(N=CC(=CN)N(C(=O)c2nccs2)C2CCN(Cc3ccccc3)CC2)c1. The van der Waals surface area contributed by atoms with Crippen LogP contribution in [0.1, 0.15) is 40.7 Å². The number of ether oxygens (including phenoxy) is 1. The topological polar surface area (TPSA) is 120 Å². The number of benzene rings is 2. The second-order valence-electron chi connectivity index (χ2n) is 9.28. The second-order valence-corrected chi connectivity index (χ2v) is 10.2. The molecule has 0 radical (unpaired) electrons. The van der Waals surface area contributed by atoms with Gasteiger partial charge in [0, 0.05) is 49.0 Å². The van der Waals surface area contributed by atoms with Crippen molar-refractivity contribution in [2.45, 2.75) is 38.6 Å². The number of aromatic nitrogens is 1. The molecule has 2 heterocycles. The van der Waals surface area contributed by atoms with Crippen LogP contribution in [0.25, 0.3) is 0 Å². The standard InChI is InChI=1S/C29H35N7O2S/c1-21(32-2)38-27(31)23-9-6-10-24(17-23)34-19-26(18-30)36(29(37)28-33-13-16-39-28)25-11-14-35(15-12-25)20-22-7-4-3-5-8-22/h3-10,13,16-19,21,25,31-32H,11-12,14-15,20,30H2,1-2H3. The normalized spacial score (nSPS) is 15.8. The second kappa shape index (κ2) is 13.8. The van der Waals surface area contributed by atoms with E-state index in [0.29, 0.717) is 22.0 Å². The van der Waals surface area contributed by atoms with Crippen LogP contribution in [0.4, 0.5) is 5.69 Å². The van der Waals surface area contributed by atoms with Crippen molar-refractivity contribution >= 4 is 35.0 Å². The van der Waals surface area contributed by atoms with Gasteiger partial charge in [0.1, 0.15) is 6.23 Å². The molecule has 1 aliphatic heterocycles. The Balaban J connectivity index is 1.51. The van der Waals surface area contributed by atoms with Crippen molar-refractivity contribution in [3.05, 3.63) is 94.2 Å². The lowest BCUT2D eigenvalue weighted by Gasteiger charge is -2.38. The van der Waals surface area contributed by atoms with Crippen molar-refractivity contribution in [1.82, 2.24) is 20.1 Å². The van der Waals surface area contributed by atoms with Crippen molar-refractivity contribution in [3.8, 4) is 0 Å². The Hall–Kier alpha value is -3.86. The fourth-order valence-corrected chi connectivity index (χ4v) is 5.03. The number of rotatable bonds is 10. The number of hydrogen-bond acceptors (Lipinski definition) is 9. The van der Waals surface area contributed by atoms with E-state index in [1.807, 2.05) is 25.1 Å². The van der Waals surface area contributed by atoms with E-state index in [4.69, 9.17) is 15.9 Å². The number of carbonyl (C=O) groups is 1. The first kappa shape index (κ1) is 28.2. The van der Waals surface area contributed by atoms with Crippen LogP contribution >= 0.6 is 11.3 Å². The predicted octanol–water partition coefficient (Wildman–Crippen LogP) is 4.36. The molecule has 39 heavy (non-hydrogen) atoms. The Labute approximate surface area is 233 Å². The number of aliphatic imine (C=N–C) groups is 1. The molecule has 2 aromatic carbocycles. The maximum atomic E-state index is 13.6. The monoisotopic (exact) mass is 545 g/mol. The van der Waals surface area contributed by atoms with Crippen LogP contribution in [0.3, 0.4) is 0 Å². The van der Waals surface area contributed by atoms with Crippen LogP contribution < -0.4 is 11.1 Å². The molecule has 0 aliphatic carbocycles. The summed E-state index contributed by atoms with van der Waals surface area (Å²) in [6, 6.07) is 17.6. The van der Waals surface area contributed by atoms with Crippen LogP contribution in [0, 0.1) is 5.41 Å². The molecule has 0 bridgehead atoms. The Kier molecular flexibility index (Phi) is 9.96. The number of carbonyl (C=O) groups excluding carboxylic acids is 1. The number of allylic oxidation sites excluding steroid dienone is 1. The summed E-state index contributed by atoms with van der Waals surface area (Å²) in [6.07, 6.45) is 6.00. The number of likely N-dealkylation sites (tertiary alicyclic amines) is 1. The minimum absolute atomic E-state index is 0.0365. The molecular formula is C29H35N7O2S. The van der Waals surface area contributed by atoms with Gasteiger partial charge >= 0.3 is 0 Å². The van der Waals surface area contributed by atoms with Crippen molar-refractivity contribution in [3.63, 3.8) is 0 Å². The third-order valence-corrected chi connectivity index (χ3v) is 7.37. The molecule has 9 nitrogen and oxygen atoms in total.